The van der Waals surface area contributed by atoms with Crippen LogP contribution in [-0.4, -0.2) is 37.1 Å². The van der Waals surface area contributed by atoms with Crippen molar-refractivity contribution in [2.24, 2.45) is 11.8 Å². The third kappa shape index (κ3) is 5.86. The molecule has 0 aromatic carbocycles. The fourth-order valence-corrected chi connectivity index (χ4v) is 1.83. The average Bonchev–Trinajstić information content (AvgIpc) is 2.21. The molecule has 0 aliphatic carbocycles. The summed E-state index contributed by atoms with van der Waals surface area (Å²) in [6.07, 6.45) is 1.21. The van der Waals surface area contributed by atoms with E-state index in [1.807, 2.05) is 0 Å². The van der Waals surface area contributed by atoms with E-state index >= 15 is 0 Å². The molecule has 0 rings (SSSR count). The maximum absolute atomic E-state index is 3.65. The fraction of sp³-hybridized carbons (Fsp3) is 1.00. The van der Waals surface area contributed by atoms with Crippen molar-refractivity contribution in [1.29, 1.82) is 0 Å². The lowest BCUT2D eigenvalue weighted by Crippen LogP contribution is -2.46. The Morgan fingerprint density at radius 3 is 1.94 bits per heavy atom. The molecule has 0 aliphatic heterocycles. The Bertz CT molecular complexity index is 166. The minimum atomic E-state index is 0.617. The molecule has 2 nitrogen and oxygen atoms in total. The lowest BCUT2D eigenvalue weighted by atomic mass is 10.0. The second-order valence-electron chi connectivity index (χ2n) is 5.73. The third-order valence-electron chi connectivity index (χ3n) is 3.61. The molecule has 0 saturated heterocycles. The van der Waals surface area contributed by atoms with E-state index < -0.39 is 0 Å². The summed E-state index contributed by atoms with van der Waals surface area (Å²) < 4.78 is 0. The van der Waals surface area contributed by atoms with Crippen molar-refractivity contribution in [3.05, 3.63) is 0 Å². The largest absolute Gasteiger partial charge is 0.312 e. The van der Waals surface area contributed by atoms with Gasteiger partial charge in [-0.05, 0) is 38.8 Å². The monoisotopic (exact) mass is 228 g/mol. The van der Waals surface area contributed by atoms with Gasteiger partial charge in [0.15, 0.2) is 0 Å². The molecule has 0 heterocycles. The molecule has 0 fully saturated rings. The van der Waals surface area contributed by atoms with E-state index in [0.717, 1.165) is 19.0 Å². The summed E-state index contributed by atoms with van der Waals surface area (Å²) in [6.45, 7) is 16.0. The van der Waals surface area contributed by atoms with Crippen molar-refractivity contribution in [2.75, 3.05) is 20.1 Å². The first kappa shape index (κ1) is 15.9. The molecule has 98 valence electrons. The lowest BCUT2D eigenvalue weighted by molar-refractivity contribution is 0.173. The van der Waals surface area contributed by atoms with Crippen LogP contribution in [0, 0.1) is 11.8 Å². The van der Waals surface area contributed by atoms with Crippen molar-refractivity contribution < 1.29 is 0 Å². The predicted molar refractivity (Wildman–Crippen MR) is 73.8 cm³/mol. The van der Waals surface area contributed by atoms with Gasteiger partial charge in [-0.15, -0.1) is 0 Å². The van der Waals surface area contributed by atoms with Crippen molar-refractivity contribution in [3.63, 3.8) is 0 Å². The molecule has 2 heteroatoms. The van der Waals surface area contributed by atoms with Crippen LogP contribution in [0.1, 0.15) is 48.0 Å². The van der Waals surface area contributed by atoms with Crippen LogP contribution in [0.3, 0.4) is 0 Å². The second-order valence-corrected chi connectivity index (χ2v) is 5.73. The molecule has 0 aromatic heterocycles. The first-order chi connectivity index (χ1) is 7.40. The van der Waals surface area contributed by atoms with Crippen molar-refractivity contribution >= 4 is 0 Å². The summed E-state index contributed by atoms with van der Waals surface area (Å²) in [4.78, 5) is 2.48. The molecule has 16 heavy (non-hydrogen) atoms. The number of rotatable bonds is 8. The molecule has 0 aliphatic rings. The molecular formula is C14H32N2. The molecule has 2 unspecified atom stereocenters. The van der Waals surface area contributed by atoms with E-state index in [1.54, 1.807) is 0 Å². The van der Waals surface area contributed by atoms with Crippen molar-refractivity contribution in [2.45, 2.75) is 60.0 Å². The maximum Gasteiger partial charge on any atom is 0.0217 e. The van der Waals surface area contributed by atoms with Crippen LogP contribution in [0.15, 0.2) is 0 Å². The Morgan fingerprint density at radius 2 is 1.56 bits per heavy atom. The SMILES string of the molecule is CCCNC(CN(C)C(C)C(C)C)C(C)C. The Kier molecular flexibility index (Phi) is 8.04. The van der Waals surface area contributed by atoms with Gasteiger partial charge in [0.2, 0.25) is 0 Å². The molecule has 0 radical (unpaired) electrons. The topological polar surface area (TPSA) is 15.3 Å². The number of hydrogen-bond acceptors (Lipinski definition) is 2. The van der Waals surface area contributed by atoms with Crippen LogP contribution in [0.25, 0.3) is 0 Å². The minimum absolute atomic E-state index is 0.617. The Hall–Kier alpha value is -0.0800. The fourth-order valence-electron chi connectivity index (χ4n) is 1.83. The highest BCUT2D eigenvalue weighted by atomic mass is 15.2. The molecule has 2 atom stereocenters. The first-order valence-electron chi connectivity index (χ1n) is 6.83. The Morgan fingerprint density at radius 1 is 1.00 bits per heavy atom. The quantitative estimate of drug-likeness (QED) is 0.687. The van der Waals surface area contributed by atoms with Crippen molar-refractivity contribution in [1.82, 2.24) is 10.2 Å². The summed E-state index contributed by atoms with van der Waals surface area (Å²) in [5, 5.41) is 3.65. The van der Waals surface area contributed by atoms with Crippen LogP contribution < -0.4 is 5.32 Å². The zero-order chi connectivity index (χ0) is 12.7. The second kappa shape index (κ2) is 8.08. The highest BCUT2D eigenvalue weighted by molar-refractivity contribution is 4.77. The molecule has 0 aromatic rings. The van der Waals surface area contributed by atoms with Crippen molar-refractivity contribution in [3.8, 4) is 0 Å². The summed E-state index contributed by atoms with van der Waals surface area (Å²) in [5.41, 5.74) is 0. The minimum Gasteiger partial charge on any atom is -0.312 e. The summed E-state index contributed by atoms with van der Waals surface area (Å²) >= 11 is 0. The first-order valence-corrected chi connectivity index (χ1v) is 6.83. The number of nitrogens with zero attached hydrogens (tertiary/aromatic N) is 1. The van der Waals surface area contributed by atoms with Gasteiger partial charge in [-0.3, -0.25) is 0 Å². The average molecular weight is 228 g/mol. The number of likely N-dealkylation sites (N-methyl/N-ethyl adjacent to an activating group) is 1. The highest BCUT2D eigenvalue weighted by Crippen LogP contribution is 2.11. The number of hydrogen-bond donors (Lipinski definition) is 1. The summed E-state index contributed by atoms with van der Waals surface area (Å²) in [5.74, 6) is 1.43. The van der Waals surface area contributed by atoms with Gasteiger partial charge in [0.25, 0.3) is 0 Å². The van der Waals surface area contributed by atoms with Gasteiger partial charge in [0.05, 0.1) is 0 Å². The third-order valence-corrected chi connectivity index (χ3v) is 3.61. The van der Waals surface area contributed by atoms with Crippen LogP contribution >= 0.6 is 0 Å². The standard InChI is InChI=1S/C14H32N2/c1-8-9-15-14(12(4)5)10-16(7)13(6)11(2)3/h11-15H,8-10H2,1-7H3. The maximum atomic E-state index is 3.65. The molecular weight excluding hydrogens is 196 g/mol. The number of nitrogens with one attached hydrogen (secondary N) is 1. The Labute approximate surface area is 103 Å². The lowest BCUT2D eigenvalue weighted by Gasteiger charge is -2.33. The predicted octanol–water partition coefficient (Wildman–Crippen LogP) is 2.99. The smallest absolute Gasteiger partial charge is 0.0217 e. The zero-order valence-corrected chi connectivity index (χ0v) is 12.4. The van der Waals surface area contributed by atoms with E-state index in [9.17, 15) is 0 Å². The zero-order valence-electron chi connectivity index (χ0n) is 12.4. The van der Waals surface area contributed by atoms with Gasteiger partial charge < -0.3 is 10.2 Å². The molecule has 0 spiro atoms. The van der Waals surface area contributed by atoms with Crippen LogP contribution in [-0.2, 0) is 0 Å². The van der Waals surface area contributed by atoms with E-state index in [4.69, 9.17) is 0 Å². The van der Waals surface area contributed by atoms with Gasteiger partial charge in [0, 0.05) is 18.6 Å². The van der Waals surface area contributed by atoms with Gasteiger partial charge >= 0.3 is 0 Å². The van der Waals surface area contributed by atoms with Gasteiger partial charge in [-0.25, -0.2) is 0 Å². The van der Waals surface area contributed by atoms with Crippen LogP contribution in [0.2, 0.25) is 0 Å². The van der Waals surface area contributed by atoms with E-state index in [1.165, 1.54) is 6.42 Å². The molecule has 0 saturated carbocycles. The molecule has 0 amide bonds. The van der Waals surface area contributed by atoms with E-state index in [-0.39, 0.29) is 0 Å². The van der Waals surface area contributed by atoms with Gasteiger partial charge in [-0.2, -0.15) is 0 Å². The summed E-state index contributed by atoms with van der Waals surface area (Å²) in [6, 6.07) is 1.27. The van der Waals surface area contributed by atoms with Crippen LogP contribution in [0.4, 0.5) is 0 Å². The van der Waals surface area contributed by atoms with E-state index in [2.05, 4.69) is 58.8 Å². The molecule has 1 N–H and O–H groups in total. The van der Waals surface area contributed by atoms with Gasteiger partial charge in [0.1, 0.15) is 0 Å². The highest BCUT2D eigenvalue weighted by Gasteiger charge is 2.19. The van der Waals surface area contributed by atoms with E-state index in [0.29, 0.717) is 18.0 Å². The normalized spacial score (nSPS) is 16.1. The van der Waals surface area contributed by atoms with Crippen LogP contribution in [0.5, 0.6) is 0 Å². The van der Waals surface area contributed by atoms with Gasteiger partial charge in [-0.1, -0.05) is 34.6 Å². The molecule has 0 bridgehead atoms. The summed E-state index contributed by atoms with van der Waals surface area (Å²) in [7, 11) is 2.24. The Balaban J connectivity index is 4.17.